The SMILES string of the molecule is CC(=O)OCC(=O)NCCCc1ccc2ccccc2c1. The van der Waals surface area contributed by atoms with Crippen molar-refractivity contribution < 1.29 is 14.3 Å². The van der Waals surface area contributed by atoms with Gasteiger partial charge >= 0.3 is 5.97 Å². The molecule has 0 radical (unpaired) electrons. The fourth-order valence-electron chi connectivity index (χ4n) is 2.13. The fourth-order valence-corrected chi connectivity index (χ4v) is 2.13. The highest BCUT2D eigenvalue weighted by Crippen LogP contribution is 2.16. The highest BCUT2D eigenvalue weighted by Gasteiger charge is 2.03. The van der Waals surface area contributed by atoms with Crippen LogP contribution in [0.3, 0.4) is 0 Å². The Hall–Kier alpha value is -2.36. The molecule has 4 nitrogen and oxygen atoms in total. The summed E-state index contributed by atoms with van der Waals surface area (Å²) in [6.07, 6.45) is 1.75. The molecule has 0 fully saturated rings. The Labute approximate surface area is 124 Å². The van der Waals surface area contributed by atoms with Crippen LogP contribution in [0.1, 0.15) is 18.9 Å². The van der Waals surface area contributed by atoms with Gasteiger partial charge in [-0.1, -0.05) is 42.5 Å². The smallest absolute Gasteiger partial charge is 0.303 e. The van der Waals surface area contributed by atoms with E-state index in [1.165, 1.54) is 23.3 Å². The Kier molecular flexibility index (Phi) is 5.32. The van der Waals surface area contributed by atoms with Crippen LogP contribution in [0.25, 0.3) is 10.8 Å². The molecular weight excluding hydrogens is 266 g/mol. The van der Waals surface area contributed by atoms with E-state index >= 15 is 0 Å². The van der Waals surface area contributed by atoms with Crippen LogP contribution in [-0.4, -0.2) is 25.0 Å². The lowest BCUT2D eigenvalue weighted by Gasteiger charge is -2.06. The molecule has 2 aromatic rings. The van der Waals surface area contributed by atoms with E-state index in [9.17, 15) is 9.59 Å². The zero-order chi connectivity index (χ0) is 15.1. The first-order valence-corrected chi connectivity index (χ1v) is 7.03. The zero-order valence-corrected chi connectivity index (χ0v) is 12.1. The van der Waals surface area contributed by atoms with Crippen molar-refractivity contribution in [3.8, 4) is 0 Å². The predicted octanol–water partition coefficient (Wildman–Crippen LogP) is 2.45. The van der Waals surface area contributed by atoms with Crippen molar-refractivity contribution in [2.45, 2.75) is 19.8 Å². The Morgan fingerprint density at radius 1 is 1.10 bits per heavy atom. The van der Waals surface area contributed by atoms with E-state index < -0.39 is 5.97 Å². The van der Waals surface area contributed by atoms with Gasteiger partial charge in [0.2, 0.25) is 0 Å². The number of fused-ring (bicyclic) bond motifs is 1. The number of benzene rings is 2. The predicted molar refractivity (Wildman–Crippen MR) is 81.9 cm³/mol. The minimum atomic E-state index is -0.443. The van der Waals surface area contributed by atoms with Crippen molar-refractivity contribution >= 4 is 22.6 Å². The second-order valence-electron chi connectivity index (χ2n) is 4.92. The van der Waals surface area contributed by atoms with Gasteiger partial charge < -0.3 is 10.1 Å². The van der Waals surface area contributed by atoms with Crippen molar-refractivity contribution in [1.82, 2.24) is 5.32 Å². The van der Waals surface area contributed by atoms with Gasteiger partial charge in [-0.05, 0) is 29.2 Å². The van der Waals surface area contributed by atoms with Gasteiger partial charge in [-0.2, -0.15) is 0 Å². The first kappa shape index (κ1) is 15.0. The Balaban J connectivity index is 1.75. The van der Waals surface area contributed by atoms with Gasteiger partial charge in [0, 0.05) is 13.5 Å². The maximum Gasteiger partial charge on any atom is 0.303 e. The molecule has 0 unspecified atom stereocenters. The molecule has 0 aromatic heterocycles. The lowest BCUT2D eigenvalue weighted by molar-refractivity contribution is -0.146. The van der Waals surface area contributed by atoms with Crippen LogP contribution in [0.2, 0.25) is 0 Å². The second-order valence-corrected chi connectivity index (χ2v) is 4.92. The van der Waals surface area contributed by atoms with Crippen LogP contribution >= 0.6 is 0 Å². The largest absolute Gasteiger partial charge is 0.456 e. The summed E-state index contributed by atoms with van der Waals surface area (Å²) in [4.78, 5) is 21.9. The topological polar surface area (TPSA) is 55.4 Å². The Bertz CT molecular complexity index is 637. The second kappa shape index (κ2) is 7.43. The summed E-state index contributed by atoms with van der Waals surface area (Å²) in [6, 6.07) is 14.7. The molecule has 0 saturated carbocycles. The molecule has 0 aliphatic rings. The minimum Gasteiger partial charge on any atom is -0.456 e. The van der Waals surface area contributed by atoms with Crippen LogP contribution in [0, 0.1) is 0 Å². The standard InChI is InChI=1S/C17H19NO3/c1-13(19)21-12-17(20)18-10-4-5-14-8-9-15-6-2-3-7-16(15)11-14/h2-3,6-9,11H,4-5,10,12H2,1H3,(H,18,20). The molecule has 110 valence electrons. The molecule has 0 aliphatic heterocycles. The number of esters is 1. The minimum absolute atomic E-state index is 0.203. The molecule has 2 aromatic carbocycles. The van der Waals surface area contributed by atoms with Crippen LogP contribution in [0.4, 0.5) is 0 Å². The van der Waals surface area contributed by atoms with Crippen LogP contribution in [-0.2, 0) is 20.7 Å². The molecular formula is C17H19NO3. The lowest BCUT2D eigenvalue weighted by Crippen LogP contribution is -2.29. The number of rotatable bonds is 6. The average Bonchev–Trinajstić information content (AvgIpc) is 2.49. The summed E-state index contributed by atoms with van der Waals surface area (Å²) < 4.78 is 4.62. The van der Waals surface area contributed by atoms with Crippen molar-refractivity contribution in [3.05, 3.63) is 48.0 Å². The Morgan fingerprint density at radius 2 is 1.86 bits per heavy atom. The molecule has 1 amide bonds. The van der Waals surface area contributed by atoms with Crippen LogP contribution in [0.15, 0.2) is 42.5 Å². The maximum absolute atomic E-state index is 11.3. The van der Waals surface area contributed by atoms with Gasteiger partial charge in [0.15, 0.2) is 6.61 Å². The van der Waals surface area contributed by atoms with E-state index in [1.54, 1.807) is 0 Å². The molecule has 0 atom stereocenters. The van der Waals surface area contributed by atoms with Gasteiger partial charge in [0.05, 0.1) is 0 Å². The van der Waals surface area contributed by atoms with E-state index in [1.807, 2.05) is 12.1 Å². The summed E-state index contributed by atoms with van der Waals surface area (Å²) >= 11 is 0. The third-order valence-electron chi connectivity index (χ3n) is 3.18. The van der Waals surface area contributed by atoms with Gasteiger partial charge in [-0.25, -0.2) is 0 Å². The van der Waals surface area contributed by atoms with Gasteiger partial charge in [-0.3, -0.25) is 9.59 Å². The number of aryl methyl sites for hydroxylation is 1. The number of carbonyl (C=O) groups is 2. The quantitative estimate of drug-likeness (QED) is 0.655. The molecule has 21 heavy (non-hydrogen) atoms. The maximum atomic E-state index is 11.3. The summed E-state index contributed by atoms with van der Waals surface area (Å²) in [5.74, 6) is -0.704. The monoisotopic (exact) mass is 285 g/mol. The lowest BCUT2D eigenvalue weighted by atomic mass is 10.0. The number of ether oxygens (including phenoxy) is 1. The van der Waals surface area contributed by atoms with Crippen molar-refractivity contribution in [1.29, 1.82) is 0 Å². The molecule has 4 heteroatoms. The first-order chi connectivity index (χ1) is 10.1. The number of carbonyl (C=O) groups excluding carboxylic acids is 2. The highest BCUT2D eigenvalue weighted by atomic mass is 16.5. The van der Waals surface area contributed by atoms with Crippen LogP contribution in [0.5, 0.6) is 0 Å². The Morgan fingerprint density at radius 3 is 2.62 bits per heavy atom. The normalized spacial score (nSPS) is 10.3. The van der Waals surface area contributed by atoms with E-state index in [2.05, 4.69) is 40.4 Å². The van der Waals surface area contributed by atoms with E-state index in [0.29, 0.717) is 6.54 Å². The first-order valence-electron chi connectivity index (χ1n) is 7.03. The van der Waals surface area contributed by atoms with Gasteiger partial charge in [-0.15, -0.1) is 0 Å². The van der Waals surface area contributed by atoms with Crippen molar-refractivity contribution in [2.24, 2.45) is 0 Å². The molecule has 0 aliphatic carbocycles. The number of hydrogen-bond donors (Lipinski definition) is 1. The zero-order valence-electron chi connectivity index (χ0n) is 12.1. The number of nitrogens with one attached hydrogen (secondary N) is 1. The molecule has 0 bridgehead atoms. The van der Waals surface area contributed by atoms with E-state index in [-0.39, 0.29) is 12.5 Å². The van der Waals surface area contributed by atoms with Gasteiger partial charge in [0.25, 0.3) is 5.91 Å². The average molecular weight is 285 g/mol. The fraction of sp³-hybridized carbons (Fsp3) is 0.294. The summed E-state index contributed by atoms with van der Waals surface area (Å²) in [5.41, 5.74) is 1.25. The third-order valence-corrected chi connectivity index (χ3v) is 3.18. The van der Waals surface area contributed by atoms with Crippen LogP contribution < -0.4 is 5.32 Å². The molecule has 0 heterocycles. The number of amides is 1. The van der Waals surface area contributed by atoms with Gasteiger partial charge in [0.1, 0.15) is 0 Å². The van der Waals surface area contributed by atoms with E-state index in [0.717, 1.165) is 12.8 Å². The molecule has 0 spiro atoms. The molecule has 2 rings (SSSR count). The summed E-state index contributed by atoms with van der Waals surface area (Å²) in [5, 5.41) is 5.19. The third kappa shape index (κ3) is 4.91. The van der Waals surface area contributed by atoms with Crippen molar-refractivity contribution in [2.75, 3.05) is 13.2 Å². The summed E-state index contributed by atoms with van der Waals surface area (Å²) in [7, 11) is 0. The summed E-state index contributed by atoms with van der Waals surface area (Å²) in [6.45, 7) is 1.66. The number of hydrogen-bond acceptors (Lipinski definition) is 3. The highest BCUT2D eigenvalue weighted by molar-refractivity contribution is 5.83. The molecule has 1 N–H and O–H groups in total. The van der Waals surface area contributed by atoms with Crippen molar-refractivity contribution in [3.63, 3.8) is 0 Å². The van der Waals surface area contributed by atoms with E-state index in [4.69, 9.17) is 0 Å². The molecule has 0 saturated heterocycles.